The summed E-state index contributed by atoms with van der Waals surface area (Å²) in [7, 11) is -3.58. The zero-order valence-corrected chi connectivity index (χ0v) is 14.7. The minimum absolute atomic E-state index is 0.106. The number of aryl methyl sites for hydroxylation is 1. The lowest BCUT2D eigenvalue weighted by atomic mass is 9.71. The van der Waals surface area contributed by atoms with Crippen LogP contribution in [0.25, 0.3) is 0 Å². The fourth-order valence-corrected chi connectivity index (χ4v) is 3.79. The van der Waals surface area contributed by atoms with E-state index in [4.69, 9.17) is 0 Å². The van der Waals surface area contributed by atoms with Crippen LogP contribution in [0.15, 0.2) is 34.3 Å². The minimum Gasteiger partial charge on any atom is -0.200 e. The maximum atomic E-state index is 12.3. The van der Waals surface area contributed by atoms with Crippen LogP contribution in [0.5, 0.6) is 0 Å². The van der Waals surface area contributed by atoms with E-state index in [1.165, 1.54) is 6.42 Å². The van der Waals surface area contributed by atoms with Gasteiger partial charge in [0, 0.05) is 11.6 Å². The molecular weight excluding hydrogens is 296 g/mol. The summed E-state index contributed by atoms with van der Waals surface area (Å²) in [6.45, 7) is 8.49. The van der Waals surface area contributed by atoms with Crippen molar-refractivity contribution >= 4 is 15.7 Å². The highest BCUT2D eigenvalue weighted by atomic mass is 32.2. The predicted octanol–water partition coefficient (Wildman–Crippen LogP) is 3.87. The molecule has 2 rings (SSSR count). The molecule has 0 radical (unpaired) electrons. The molecule has 1 aromatic carbocycles. The third-order valence-corrected chi connectivity index (χ3v) is 5.49. The van der Waals surface area contributed by atoms with Gasteiger partial charge >= 0.3 is 0 Å². The van der Waals surface area contributed by atoms with Crippen LogP contribution in [0.3, 0.4) is 0 Å². The molecule has 4 nitrogen and oxygen atoms in total. The van der Waals surface area contributed by atoms with E-state index in [-0.39, 0.29) is 10.3 Å². The van der Waals surface area contributed by atoms with Crippen molar-refractivity contribution in [3.05, 3.63) is 29.8 Å². The highest BCUT2D eigenvalue weighted by Crippen LogP contribution is 2.36. The van der Waals surface area contributed by atoms with E-state index in [1.54, 1.807) is 24.3 Å². The van der Waals surface area contributed by atoms with Gasteiger partial charge in [-0.3, -0.25) is 0 Å². The highest BCUT2D eigenvalue weighted by molar-refractivity contribution is 7.89. The largest absolute Gasteiger partial charge is 0.276 e. The second-order valence-electron chi connectivity index (χ2n) is 7.18. The van der Waals surface area contributed by atoms with Crippen LogP contribution in [0.4, 0.5) is 0 Å². The molecule has 1 aromatic rings. The zero-order chi connectivity index (χ0) is 16.4. The zero-order valence-electron chi connectivity index (χ0n) is 13.9. The molecule has 22 heavy (non-hydrogen) atoms. The summed E-state index contributed by atoms with van der Waals surface area (Å²) < 4.78 is 24.6. The molecule has 0 saturated heterocycles. The van der Waals surface area contributed by atoms with E-state index in [2.05, 4.69) is 30.7 Å². The second kappa shape index (κ2) is 6.41. The summed E-state index contributed by atoms with van der Waals surface area (Å²) in [4.78, 5) is 2.68. The van der Waals surface area contributed by atoms with Crippen molar-refractivity contribution in [2.75, 3.05) is 0 Å². The van der Waals surface area contributed by atoms with Crippen molar-refractivity contribution < 1.29 is 8.42 Å². The Bertz CT molecular complexity index is 640. The van der Waals surface area contributed by atoms with Crippen molar-refractivity contribution in [2.24, 2.45) is 16.4 Å². The molecule has 0 aliphatic heterocycles. The van der Waals surface area contributed by atoms with Crippen molar-refractivity contribution in [3.8, 4) is 0 Å². The van der Waals surface area contributed by atoms with Crippen LogP contribution in [0.1, 0.15) is 52.0 Å². The number of benzene rings is 1. The quantitative estimate of drug-likeness (QED) is 0.859. The van der Waals surface area contributed by atoms with E-state index in [9.17, 15) is 8.42 Å². The smallest absolute Gasteiger partial charge is 0.200 e. The Morgan fingerprint density at radius 3 is 2.36 bits per heavy atom. The molecule has 0 bridgehead atoms. The lowest BCUT2D eigenvalue weighted by molar-refractivity contribution is 0.276. The summed E-state index contributed by atoms with van der Waals surface area (Å²) in [6.07, 6.45) is 4.22. The fourth-order valence-electron chi connectivity index (χ4n) is 2.95. The molecule has 1 atom stereocenters. The van der Waals surface area contributed by atoms with Crippen molar-refractivity contribution in [1.82, 2.24) is 4.83 Å². The van der Waals surface area contributed by atoms with Crippen LogP contribution in [0, 0.1) is 18.3 Å². The van der Waals surface area contributed by atoms with Crippen LogP contribution in [-0.4, -0.2) is 14.1 Å². The first kappa shape index (κ1) is 17.0. The summed E-state index contributed by atoms with van der Waals surface area (Å²) in [5.41, 5.74) is 2.12. The average molecular weight is 322 g/mol. The normalized spacial score (nSPS) is 21.8. The van der Waals surface area contributed by atoms with Gasteiger partial charge in [-0.2, -0.15) is 13.5 Å². The molecule has 0 heterocycles. The number of hydrogen-bond acceptors (Lipinski definition) is 3. The Kier molecular flexibility index (Phi) is 4.95. The van der Waals surface area contributed by atoms with Gasteiger partial charge in [-0.15, -0.1) is 0 Å². The number of rotatable bonds is 3. The van der Waals surface area contributed by atoms with Crippen LogP contribution < -0.4 is 4.83 Å². The van der Waals surface area contributed by atoms with Crippen LogP contribution >= 0.6 is 0 Å². The molecule has 1 fully saturated rings. The van der Waals surface area contributed by atoms with Crippen molar-refractivity contribution in [3.63, 3.8) is 0 Å². The van der Waals surface area contributed by atoms with Crippen LogP contribution in [0.2, 0.25) is 0 Å². The van der Waals surface area contributed by atoms with E-state index < -0.39 is 10.0 Å². The van der Waals surface area contributed by atoms with Crippen molar-refractivity contribution in [1.29, 1.82) is 0 Å². The first-order valence-corrected chi connectivity index (χ1v) is 9.33. The number of sulfonamides is 1. The Morgan fingerprint density at radius 1 is 1.14 bits per heavy atom. The molecule has 5 heteroatoms. The third-order valence-electron chi connectivity index (χ3n) is 4.26. The number of hydrogen-bond donors (Lipinski definition) is 1. The van der Waals surface area contributed by atoms with E-state index in [0.717, 1.165) is 30.5 Å². The summed E-state index contributed by atoms with van der Waals surface area (Å²) in [5, 5.41) is 4.28. The lowest BCUT2D eigenvalue weighted by Gasteiger charge is -2.34. The average Bonchev–Trinajstić information content (AvgIpc) is 2.45. The Balaban J connectivity index is 2.20. The molecule has 0 amide bonds. The Labute approximate surface area is 134 Å². The number of hydrazone groups is 1. The minimum atomic E-state index is -3.58. The van der Waals surface area contributed by atoms with Crippen molar-refractivity contribution in [2.45, 2.75) is 58.3 Å². The predicted molar refractivity (Wildman–Crippen MR) is 90.3 cm³/mol. The molecule has 1 aliphatic rings. The van der Waals surface area contributed by atoms with Gasteiger partial charge in [0.05, 0.1) is 4.90 Å². The topological polar surface area (TPSA) is 58.5 Å². The monoisotopic (exact) mass is 322 g/mol. The maximum absolute atomic E-state index is 12.3. The maximum Gasteiger partial charge on any atom is 0.276 e. The van der Waals surface area contributed by atoms with Gasteiger partial charge in [0.1, 0.15) is 0 Å². The number of nitrogens with one attached hydrogen (secondary N) is 1. The van der Waals surface area contributed by atoms with Crippen LogP contribution in [-0.2, 0) is 10.0 Å². The Morgan fingerprint density at radius 2 is 1.77 bits per heavy atom. The third kappa shape index (κ3) is 4.09. The molecule has 1 N–H and O–H groups in total. The standard InChI is InChI=1S/C17H26N2O2S/c1-13-9-11-14(12-10-13)22(20,21)19-18-16-8-6-5-7-15(16)17(2,3)4/h9-12,15,19H,5-8H2,1-4H3/b18-16+. The Hall–Kier alpha value is -1.36. The van der Waals surface area contributed by atoms with Gasteiger partial charge in [0.25, 0.3) is 10.0 Å². The lowest BCUT2D eigenvalue weighted by Crippen LogP contribution is -2.33. The van der Waals surface area contributed by atoms with Gasteiger partial charge in [0.2, 0.25) is 0 Å². The molecule has 1 saturated carbocycles. The summed E-state index contributed by atoms with van der Waals surface area (Å²) in [6, 6.07) is 6.81. The molecule has 0 spiro atoms. The number of nitrogens with zero attached hydrogens (tertiary/aromatic N) is 1. The first-order valence-electron chi connectivity index (χ1n) is 7.85. The molecule has 0 aromatic heterocycles. The van der Waals surface area contributed by atoms with Gasteiger partial charge in [-0.1, -0.05) is 44.9 Å². The van der Waals surface area contributed by atoms with E-state index in [0.29, 0.717) is 5.92 Å². The summed E-state index contributed by atoms with van der Waals surface area (Å²) in [5.74, 6) is 0.335. The molecule has 1 aliphatic carbocycles. The molecule has 122 valence electrons. The molecule has 1 unspecified atom stereocenters. The van der Waals surface area contributed by atoms with E-state index >= 15 is 0 Å². The van der Waals surface area contributed by atoms with Gasteiger partial charge in [-0.25, -0.2) is 4.83 Å². The second-order valence-corrected chi connectivity index (χ2v) is 8.84. The van der Waals surface area contributed by atoms with Gasteiger partial charge < -0.3 is 0 Å². The molecular formula is C17H26N2O2S. The van der Waals surface area contributed by atoms with Gasteiger partial charge in [0.15, 0.2) is 0 Å². The summed E-state index contributed by atoms with van der Waals surface area (Å²) >= 11 is 0. The fraction of sp³-hybridized carbons (Fsp3) is 0.588. The first-order chi connectivity index (χ1) is 10.2. The van der Waals surface area contributed by atoms with Gasteiger partial charge in [-0.05, 0) is 43.7 Å². The highest BCUT2D eigenvalue weighted by Gasteiger charge is 2.31. The SMILES string of the molecule is Cc1ccc(S(=O)(=O)N/N=C2\CCCCC2C(C)(C)C)cc1. The van der Waals surface area contributed by atoms with E-state index in [1.807, 2.05) is 6.92 Å².